The van der Waals surface area contributed by atoms with Crippen LogP contribution in [0.15, 0.2) is 72.8 Å². The first-order valence-electron chi connectivity index (χ1n) is 9.88. The molecule has 0 saturated heterocycles. The van der Waals surface area contributed by atoms with Gasteiger partial charge in [-0.3, -0.25) is 0 Å². The van der Waals surface area contributed by atoms with Crippen LogP contribution in [0.4, 0.5) is 0 Å². The lowest BCUT2D eigenvalue weighted by Crippen LogP contribution is -2.21. The van der Waals surface area contributed by atoms with Crippen LogP contribution in [0.1, 0.15) is 38.8 Å². The molecule has 2 unspecified atom stereocenters. The number of hydrogen-bond donors (Lipinski definition) is 0. The molecule has 0 bridgehead atoms. The van der Waals surface area contributed by atoms with Gasteiger partial charge in [-0.15, -0.1) is 0 Å². The topological polar surface area (TPSA) is 71.1 Å². The van der Waals surface area contributed by atoms with Gasteiger partial charge in [0.15, 0.2) is 0 Å². The molecule has 0 aliphatic heterocycles. The minimum absolute atomic E-state index is 0.324. The second-order valence-electron chi connectivity index (χ2n) is 7.21. The summed E-state index contributed by atoms with van der Waals surface area (Å²) in [6.45, 7) is 13.6. The number of ether oxygens (including phenoxy) is 4. The maximum Gasteiger partial charge on any atom is 0.336 e. The van der Waals surface area contributed by atoms with Gasteiger partial charge in [0.2, 0.25) is 12.6 Å². The summed E-state index contributed by atoms with van der Waals surface area (Å²) in [5, 5.41) is 0. The van der Waals surface area contributed by atoms with Crippen LogP contribution in [0.3, 0.4) is 0 Å². The van der Waals surface area contributed by atoms with Crippen molar-refractivity contribution in [3.8, 4) is 11.5 Å². The smallest absolute Gasteiger partial charge is 0.336 e. The van der Waals surface area contributed by atoms with E-state index >= 15 is 0 Å². The summed E-state index contributed by atoms with van der Waals surface area (Å²) in [6.07, 6.45) is -0.694. The predicted octanol–water partition coefficient (Wildman–Crippen LogP) is 4.97. The summed E-state index contributed by atoms with van der Waals surface area (Å²) in [5.74, 6) is 0.237. The van der Waals surface area contributed by atoms with E-state index < -0.39 is 24.5 Å². The van der Waals surface area contributed by atoms with Crippen LogP contribution in [-0.4, -0.2) is 24.5 Å². The highest BCUT2D eigenvalue weighted by molar-refractivity contribution is 5.87. The third kappa shape index (κ3) is 8.01. The number of carbonyl (C=O) groups excluding carboxylic acids is 2. The van der Waals surface area contributed by atoms with Crippen molar-refractivity contribution in [2.75, 3.05) is 0 Å². The van der Waals surface area contributed by atoms with E-state index in [0.29, 0.717) is 22.6 Å². The Bertz CT molecular complexity index is 850. The third-order valence-corrected chi connectivity index (χ3v) is 4.10. The average Bonchev–Trinajstić information content (AvgIpc) is 2.70. The van der Waals surface area contributed by atoms with Crippen LogP contribution in [0.5, 0.6) is 11.5 Å². The summed E-state index contributed by atoms with van der Waals surface area (Å²) in [4.78, 5) is 23.0. The van der Waals surface area contributed by atoms with Crippen molar-refractivity contribution in [3.05, 3.63) is 84.0 Å². The van der Waals surface area contributed by atoms with E-state index in [9.17, 15) is 9.59 Å². The normalized spacial score (nSPS) is 12.3. The molecule has 0 heterocycles. The molecule has 0 aliphatic carbocycles. The van der Waals surface area contributed by atoms with Crippen LogP contribution >= 0.6 is 0 Å². The lowest BCUT2D eigenvalue weighted by atomic mass is 10.0. The van der Waals surface area contributed by atoms with Crippen LogP contribution < -0.4 is 9.47 Å². The molecule has 0 N–H and O–H groups in total. The fraction of sp³-hybridized carbons (Fsp3) is 0.280. The molecule has 2 rings (SSSR count). The quantitative estimate of drug-likeness (QED) is 0.305. The molecule has 0 saturated carbocycles. The molecule has 0 aliphatic rings. The Morgan fingerprint density at radius 1 is 0.710 bits per heavy atom. The van der Waals surface area contributed by atoms with Gasteiger partial charge in [0.05, 0.1) is 0 Å². The standard InChI is InChI=1S/C25H28O6/c1-16(2)24(26)30-18(5)28-22-11-7-20(8-12-22)15-21-9-13-23(14-10-21)29-19(6)31-25(27)17(3)4/h7-14,18-19H,1,3,15H2,2,4-6H3. The van der Waals surface area contributed by atoms with Gasteiger partial charge in [0.25, 0.3) is 0 Å². The second-order valence-corrected chi connectivity index (χ2v) is 7.21. The predicted molar refractivity (Wildman–Crippen MR) is 118 cm³/mol. The van der Waals surface area contributed by atoms with Crippen LogP contribution in [0, 0.1) is 0 Å². The zero-order valence-electron chi connectivity index (χ0n) is 18.3. The first-order chi connectivity index (χ1) is 14.6. The van der Waals surface area contributed by atoms with E-state index in [4.69, 9.17) is 18.9 Å². The van der Waals surface area contributed by atoms with Crippen molar-refractivity contribution in [3.63, 3.8) is 0 Å². The Balaban J connectivity index is 1.87. The Hall–Kier alpha value is -3.54. The lowest BCUT2D eigenvalue weighted by molar-refractivity contribution is -0.157. The third-order valence-electron chi connectivity index (χ3n) is 4.10. The zero-order valence-corrected chi connectivity index (χ0v) is 18.3. The fourth-order valence-electron chi connectivity index (χ4n) is 2.54. The van der Waals surface area contributed by atoms with E-state index in [1.54, 1.807) is 27.7 Å². The van der Waals surface area contributed by atoms with Gasteiger partial charge in [-0.1, -0.05) is 37.4 Å². The van der Waals surface area contributed by atoms with Crippen molar-refractivity contribution in [2.45, 2.75) is 46.7 Å². The van der Waals surface area contributed by atoms with Crippen molar-refractivity contribution in [1.29, 1.82) is 0 Å². The van der Waals surface area contributed by atoms with Gasteiger partial charge >= 0.3 is 11.9 Å². The Morgan fingerprint density at radius 2 is 1.03 bits per heavy atom. The second kappa shape index (κ2) is 11.0. The van der Waals surface area contributed by atoms with Gasteiger partial charge in [-0.25, -0.2) is 9.59 Å². The molecule has 2 aromatic carbocycles. The van der Waals surface area contributed by atoms with Crippen molar-refractivity contribution >= 4 is 11.9 Å². The Labute approximate surface area is 183 Å². The number of hydrogen-bond acceptors (Lipinski definition) is 6. The molecule has 6 nitrogen and oxygen atoms in total. The molecule has 6 heteroatoms. The summed E-state index contributed by atoms with van der Waals surface area (Å²) < 4.78 is 21.4. The van der Waals surface area contributed by atoms with Crippen molar-refractivity contribution in [2.24, 2.45) is 0 Å². The van der Waals surface area contributed by atoms with Gasteiger partial charge in [-0.2, -0.15) is 0 Å². The first-order valence-corrected chi connectivity index (χ1v) is 9.88. The summed E-state index contributed by atoms with van der Waals surface area (Å²) in [5.41, 5.74) is 2.84. The van der Waals surface area contributed by atoms with Crippen LogP contribution in [0.2, 0.25) is 0 Å². The largest absolute Gasteiger partial charge is 0.455 e. The molecular formula is C25H28O6. The minimum atomic E-state index is -0.709. The van der Waals surface area contributed by atoms with Gasteiger partial charge in [0, 0.05) is 25.0 Å². The first kappa shape index (κ1) is 23.7. The highest BCUT2D eigenvalue weighted by atomic mass is 16.7. The molecule has 164 valence electrons. The maximum atomic E-state index is 11.5. The molecule has 0 amide bonds. The van der Waals surface area contributed by atoms with Crippen LogP contribution in [0.25, 0.3) is 0 Å². The average molecular weight is 424 g/mol. The molecule has 31 heavy (non-hydrogen) atoms. The number of rotatable bonds is 10. The van der Waals surface area contributed by atoms with Crippen molar-refractivity contribution in [1.82, 2.24) is 0 Å². The van der Waals surface area contributed by atoms with Gasteiger partial charge in [0.1, 0.15) is 11.5 Å². The van der Waals surface area contributed by atoms with E-state index in [0.717, 1.165) is 17.5 Å². The molecule has 0 radical (unpaired) electrons. The molecular weight excluding hydrogens is 396 g/mol. The number of carbonyl (C=O) groups is 2. The highest BCUT2D eigenvalue weighted by Gasteiger charge is 2.12. The summed E-state index contributed by atoms with van der Waals surface area (Å²) >= 11 is 0. The zero-order chi connectivity index (χ0) is 23.0. The van der Waals surface area contributed by atoms with E-state index in [1.165, 1.54) is 0 Å². The van der Waals surface area contributed by atoms with Crippen molar-refractivity contribution < 1.29 is 28.5 Å². The number of esters is 2. The SMILES string of the molecule is C=C(C)C(=O)OC(C)Oc1ccc(Cc2ccc(OC(C)OC(=O)C(=C)C)cc2)cc1. The lowest BCUT2D eigenvalue weighted by Gasteiger charge is -2.16. The molecule has 0 fully saturated rings. The van der Waals surface area contributed by atoms with E-state index in [2.05, 4.69) is 13.2 Å². The Morgan fingerprint density at radius 3 is 1.32 bits per heavy atom. The van der Waals surface area contributed by atoms with Crippen LogP contribution in [-0.2, 0) is 25.5 Å². The monoisotopic (exact) mass is 424 g/mol. The van der Waals surface area contributed by atoms with Gasteiger partial charge < -0.3 is 18.9 Å². The minimum Gasteiger partial charge on any atom is -0.455 e. The molecule has 2 aromatic rings. The molecule has 0 spiro atoms. The highest BCUT2D eigenvalue weighted by Crippen LogP contribution is 2.20. The molecule has 0 aromatic heterocycles. The van der Waals surface area contributed by atoms with E-state index in [1.807, 2.05) is 48.5 Å². The van der Waals surface area contributed by atoms with E-state index in [-0.39, 0.29) is 0 Å². The number of benzene rings is 2. The maximum absolute atomic E-state index is 11.5. The summed E-state index contributed by atoms with van der Waals surface area (Å²) in [7, 11) is 0. The molecule has 2 atom stereocenters. The fourth-order valence-corrected chi connectivity index (χ4v) is 2.54. The Kier molecular flexibility index (Phi) is 8.43. The summed E-state index contributed by atoms with van der Waals surface area (Å²) in [6, 6.07) is 15.1. The van der Waals surface area contributed by atoms with Gasteiger partial charge in [-0.05, 0) is 55.7 Å².